The zero-order valence-electron chi connectivity index (χ0n) is 6.96. The second-order valence-electron chi connectivity index (χ2n) is 3.08. The molecule has 0 aromatic heterocycles. The van der Waals surface area contributed by atoms with Crippen LogP contribution >= 0.6 is 0 Å². The van der Waals surface area contributed by atoms with E-state index in [1.54, 1.807) is 6.92 Å². The molecule has 1 amide bonds. The average molecular weight is 158 g/mol. The number of methoxy groups -OCH3 is 1. The number of nitrogens with zero attached hydrogens (tertiary/aromatic N) is 1. The first kappa shape index (κ1) is 8.49. The van der Waals surface area contributed by atoms with Gasteiger partial charge in [-0.15, -0.1) is 0 Å². The van der Waals surface area contributed by atoms with Crippen LogP contribution in [0.15, 0.2) is 0 Å². The van der Waals surface area contributed by atoms with Crippen molar-refractivity contribution in [1.82, 2.24) is 4.90 Å². The van der Waals surface area contributed by atoms with Crippen molar-refractivity contribution in [3.8, 4) is 0 Å². The first-order valence-electron chi connectivity index (χ1n) is 3.66. The van der Waals surface area contributed by atoms with E-state index in [0.29, 0.717) is 6.54 Å². The molecule has 0 spiro atoms. The van der Waals surface area contributed by atoms with Crippen molar-refractivity contribution in [2.45, 2.75) is 12.5 Å². The summed E-state index contributed by atoms with van der Waals surface area (Å²) in [6, 6.07) is 0. The highest BCUT2D eigenvalue weighted by Gasteiger charge is 2.36. The van der Waals surface area contributed by atoms with E-state index in [4.69, 9.17) is 10.5 Å². The highest BCUT2D eigenvalue weighted by molar-refractivity contribution is 5.83. The fourth-order valence-electron chi connectivity index (χ4n) is 0.899. The molecule has 64 valence electrons. The van der Waals surface area contributed by atoms with Crippen LogP contribution in [-0.2, 0) is 9.53 Å². The Morgan fingerprint density at radius 2 is 2.27 bits per heavy atom. The van der Waals surface area contributed by atoms with Crippen LogP contribution in [0, 0.1) is 0 Å². The normalized spacial score (nSPS) is 22.7. The number of amides is 1. The van der Waals surface area contributed by atoms with E-state index in [0.717, 1.165) is 13.1 Å². The third kappa shape index (κ3) is 1.91. The second kappa shape index (κ2) is 2.79. The smallest absolute Gasteiger partial charge is 0.250 e. The average Bonchev–Trinajstić information content (AvgIpc) is 2.71. The van der Waals surface area contributed by atoms with Gasteiger partial charge in [0.15, 0.2) is 5.60 Å². The molecule has 1 atom stereocenters. The summed E-state index contributed by atoms with van der Waals surface area (Å²) in [5.41, 5.74) is 4.36. The van der Waals surface area contributed by atoms with Crippen molar-refractivity contribution >= 4 is 5.91 Å². The van der Waals surface area contributed by atoms with Crippen LogP contribution in [0.5, 0.6) is 0 Å². The Hall–Kier alpha value is -0.610. The van der Waals surface area contributed by atoms with Gasteiger partial charge in [0, 0.05) is 26.7 Å². The van der Waals surface area contributed by atoms with E-state index in [2.05, 4.69) is 4.90 Å². The number of hydrogen-bond acceptors (Lipinski definition) is 3. The SMILES string of the molecule is COC(C)(CN1CC1)C(N)=O. The van der Waals surface area contributed by atoms with Crippen molar-refractivity contribution in [1.29, 1.82) is 0 Å². The molecule has 1 rings (SSSR count). The van der Waals surface area contributed by atoms with E-state index < -0.39 is 11.5 Å². The van der Waals surface area contributed by atoms with E-state index >= 15 is 0 Å². The number of hydrogen-bond donors (Lipinski definition) is 1. The van der Waals surface area contributed by atoms with Gasteiger partial charge in [0.25, 0.3) is 5.91 Å². The minimum atomic E-state index is -0.809. The van der Waals surface area contributed by atoms with Gasteiger partial charge in [0.05, 0.1) is 0 Å². The molecule has 0 aliphatic carbocycles. The zero-order chi connectivity index (χ0) is 8.48. The topological polar surface area (TPSA) is 55.3 Å². The Bertz CT molecular complexity index is 168. The van der Waals surface area contributed by atoms with Gasteiger partial charge in [0.1, 0.15) is 0 Å². The summed E-state index contributed by atoms with van der Waals surface area (Å²) in [7, 11) is 1.51. The Morgan fingerprint density at radius 3 is 2.55 bits per heavy atom. The maximum Gasteiger partial charge on any atom is 0.250 e. The van der Waals surface area contributed by atoms with Crippen molar-refractivity contribution in [3.05, 3.63) is 0 Å². The van der Waals surface area contributed by atoms with Crippen molar-refractivity contribution in [2.75, 3.05) is 26.7 Å². The largest absolute Gasteiger partial charge is 0.367 e. The van der Waals surface area contributed by atoms with Crippen molar-refractivity contribution < 1.29 is 9.53 Å². The number of carbonyl (C=O) groups is 1. The van der Waals surface area contributed by atoms with Crippen molar-refractivity contribution in [2.24, 2.45) is 5.73 Å². The fourth-order valence-corrected chi connectivity index (χ4v) is 0.899. The maximum atomic E-state index is 10.9. The minimum Gasteiger partial charge on any atom is -0.367 e. The highest BCUT2D eigenvalue weighted by Crippen LogP contribution is 2.15. The predicted molar refractivity (Wildman–Crippen MR) is 41.0 cm³/mol. The molecule has 1 heterocycles. The van der Waals surface area contributed by atoms with Crippen LogP contribution in [0.3, 0.4) is 0 Å². The quantitative estimate of drug-likeness (QED) is 0.544. The molecule has 1 aliphatic rings. The van der Waals surface area contributed by atoms with Crippen LogP contribution in [0.4, 0.5) is 0 Å². The Labute approximate surface area is 66.3 Å². The van der Waals surface area contributed by atoms with Crippen LogP contribution in [-0.4, -0.2) is 43.2 Å². The summed E-state index contributed by atoms with van der Waals surface area (Å²) in [4.78, 5) is 13.0. The molecule has 1 unspecified atom stereocenters. The molecule has 0 aromatic rings. The molecule has 0 radical (unpaired) electrons. The second-order valence-corrected chi connectivity index (χ2v) is 3.08. The highest BCUT2D eigenvalue weighted by atomic mass is 16.5. The molecule has 11 heavy (non-hydrogen) atoms. The fraction of sp³-hybridized carbons (Fsp3) is 0.857. The lowest BCUT2D eigenvalue weighted by Gasteiger charge is -2.24. The Kier molecular flexibility index (Phi) is 2.15. The summed E-state index contributed by atoms with van der Waals surface area (Å²) >= 11 is 0. The third-order valence-corrected chi connectivity index (χ3v) is 2.04. The van der Waals surface area contributed by atoms with Crippen LogP contribution < -0.4 is 5.73 Å². The molecule has 1 fully saturated rings. The molecule has 2 N–H and O–H groups in total. The van der Waals surface area contributed by atoms with Crippen molar-refractivity contribution in [3.63, 3.8) is 0 Å². The third-order valence-electron chi connectivity index (χ3n) is 2.04. The van der Waals surface area contributed by atoms with Gasteiger partial charge in [-0.25, -0.2) is 0 Å². The van der Waals surface area contributed by atoms with E-state index in [1.807, 2.05) is 0 Å². The van der Waals surface area contributed by atoms with E-state index in [-0.39, 0.29) is 0 Å². The molecule has 0 saturated carbocycles. The summed E-state index contributed by atoms with van der Waals surface area (Å²) in [6.45, 7) is 4.42. The molecule has 0 aromatic carbocycles. The summed E-state index contributed by atoms with van der Waals surface area (Å²) < 4.78 is 5.03. The summed E-state index contributed by atoms with van der Waals surface area (Å²) in [6.07, 6.45) is 0. The molecule has 0 bridgehead atoms. The molecule has 1 aliphatic heterocycles. The maximum absolute atomic E-state index is 10.9. The number of primary amides is 1. The minimum absolute atomic E-state index is 0.396. The lowest BCUT2D eigenvalue weighted by Crippen LogP contribution is -2.48. The predicted octanol–water partition coefficient (Wildman–Crippen LogP) is -0.808. The van der Waals surface area contributed by atoms with Gasteiger partial charge in [-0.2, -0.15) is 0 Å². The van der Waals surface area contributed by atoms with Crippen LogP contribution in [0.2, 0.25) is 0 Å². The lowest BCUT2D eigenvalue weighted by molar-refractivity contribution is -0.138. The van der Waals surface area contributed by atoms with E-state index in [1.165, 1.54) is 7.11 Å². The number of ether oxygens (including phenoxy) is 1. The zero-order valence-corrected chi connectivity index (χ0v) is 6.96. The molecule has 4 nitrogen and oxygen atoms in total. The van der Waals surface area contributed by atoms with Gasteiger partial charge in [0.2, 0.25) is 0 Å². The summed E-state index contributed by atoms with van der Waals surface area (Å²) in [5.74, 6) is -0.396. The van der Waals surface area contributed by atoms with Gasteiger partial charge in [-0.3, -0.25) is 9.69 Å². The van der Waals surface area contributed by atoms with Gasteiger partial charge in [-0.05, 0) is 6.92 Å². The lowest BCUT2D eigenvalue weighted by atomic mass is 10.1. The molecular weight excluding hydrogens is 144 g/mol. The Balaban J connectivity index is 2.49. The molecular formula is C7H14N2O2. The number of carbonyl (C=O) groups excluding carboxylic acids is 1. The first-order chi connectivity index (χ1) is 5.08. The standard InChI is InChI=1S/C7H14N2O2/c1-7(11-2,6(8)10)5-9-3-4-9/h3-5H2,1-2H3,(H2,8,10). The number of rotatable bonds is 4. The number of nitrogens with two attached hydrogens (primary N) is 1. The first-order valence-corrected chi connectivity index (χ1v) is 3.66. The van der Waals surface area contributed by atoms with Crippen LogP contribution in [0.1, 0.15) is 6.92 Å². The van der Waals surface area contributed by atoms with Gasteiger partial charge < -0.3 is 10.5 Å². The van der Waals surface area contributed by atoms with Crippen LogP contribution in [0.25, 0.3) is 0 Å². The monoisotopic (exact) mass is 158 g/mol. The van der Waals surface area contributed by atoms with E-state index in [9.17, 15) is 4.79 Å². The Morgan fingerprint density at radius 1 is 1.73 bits per heavy atom. The molecule has 4 heteroatoms. The van der Waals surface area contributed by atoms with Gasteiger partial charge in [-0.1, -0.05) is 0 Å². The van der Waals surface area contributed by atoms with Gasteiger partial charge >= 0.3 is 0 Å². The summed E-state index contributed by atoms with van der Waals surface area (Å²) in [5, 5.41) is 0. The molecule has 1 saturated heterocycles.